The van der Waals surface area contributed by atoms with Crippen molar-refractivity contribution in [3.8, 4) is 5.75 Å². The van der Waals surface area contributed by atoms with Gasteiger partial charge in [0.1, 0.15) is 5.75 Å². The number of benzene rings is 1. The van der Waals surface area contributed by atoms with Crippen molar-refractivity contribution in [2.45, 2.75) is 6.04 Å². The maximum atomic E-state index is 12.7. The smallest absolute Gasteiger partial charge is 0.226 e. The van der Waals surface area contributed by atoms with Gasteiger partial charge in [-0.3, -0.25) is 9.78 Å². The number of nitrogens with zero attached hydrogens (tertiary/aromatic N) is 2. The van der Waals surface area contributed by atoms with E-state index in [9.17, 15) is 4.79 Å². The van der Waals surface area contributed by atoms with E-state index in [-0.39, 0.29) is 11.8 Å². The first-order chi connectivity index (χ1) is 12.0. The SMILES string of the molecule is COc1ccc(Cl)c(Cl)c1C(NC(=O)C1CN(C)C1)c1ccncc1. The van der Waals surface area contributed by atoms with Crippen LogP contribution < -0.4 is 10.1 Å². The summed E-state index contributed by atoms with van der Waals surface area (Å²) < 4.78 is 5.46. The van der Waals surface area contributed by atoms with Crippen LogP contribution >= 0.6 is 23.2 Å². The van der Waals surface area contributed by atoms with Gasteiger partial charge in [-0.15, -0.1) is 0 Å². The molecule has 0 bridgehead atoms. The van der Waals surface area contributed by atoms with Crippen molar-refractivity contribution in [3.05, 3.63) is 57.8 Å². The lowest BCUT2D eigenvalue weighted by Gasteiger charge is -2.36. The van der Waals surface area contributed by atoms with Crippen molar-refractivity contribution in [2.75, 3.05) is 27.2 Å². The molecule has 1 aliphatic rings. The molecular weight excluding hydrogens is 361 g/mol. The highest BCUT2D eigenvalue weighted by Crippen LogP contribution is 2.39. The monoisotopic (exact) mass is 379 g/mol. The van der Waals surface area contributed by atoms with Crippen molar-refractivity contribution in [3.63, 3.8) is 0 Å². The zero-order valence-electron chi connectivity index (χ0n) is 14.0. The number of carbonyl (C=O) groups is 1. The molecule has 2 heterocycles. The third kappa shape index (κ3) is 3.73. The number of carbonyl (C=O) groups excluding carboxylic acids is 1. The fraction of sp³-hybridized carbons (Fsp3) is 0.333. The van der Waals surface area contributed by atoms with Gasteiger partial charge in [0.25, 0.3) is 0 Å². The van der Waals surface area contributed by atoms with Crippen molar-refractivity contribution < 1.29 is 9.53 Å². The van der Waals surface area contributed by atoms with E-state index < -0.39 is 6.04 Å². The van der Waals surface area contributed by atoms with E-state index in [1.165, 1.54) is 0 Å². The van der Waals surface area contributed by atoms with E-state index >= 15 is 0 Å². The lowest BCUT2D eigenvalue weighted by atomic mass is 9.95. The first-order valence-electron chi connectivity index (χ1n) is 7.92. The van der Waals surface area contributed by atoms with Gasteiger partial charge in [0.05, 0.1) is 29.1 Å². The lowest BCUT2D eigenvalue weighted by molar-refractivity contribution is -0.130. The van der Waals surface area contributed by atoms with E-state index in [0.29, 0.717) is 21.4 Å². The molecule has 25 heavy (non-hydrogen) atoms. The van der Waals surface area contributed by atoms with Crippen LogP contribution in [0.3, 0.4) is 0 Å². The Balaban J connectivity index is 2.00. The minimum Gasteiger partial charge on any atom is -0.496 e. The number of rotatable bonds is 5. The molecule has 1 amide bonds. The number of hydrogen-bond donors (Lipinski definition) is 1. The maximum Gasteiger partial charge on any atom is 0.226 e. The van der Waals surface area contributed by atoms with Gasteiger partial charge in [0, 0.05) is 31.0 Å². The van der Waals surface area contributed by atoms with Crippen LogP contribution in [0.15, 0.2) is 36.7 Å². The summed E-state index contributed by atoms with van der Waals surface area (Å²) in [5.74, 6) is 0.526. The molecule has 1 fully saturated rings. The van der Waals surface area contributed by atoms with Crippen LogP contribution in [0.2, 0.25) is 10.0 Å². The normalized spacial score (nSPS) is 16.2. The topological polar surface area (TPSA) is 54.5 Å². The van der Waals surface area contributed by atoms with Gasteiger partial charge >= 0.3 is 0 Å². The van der Waals surface area contributed by atoms with Gasteiger partial charge in [-0.05, 0) is 36.9 Å². The molecule has 1 aromatic carbocycles. The summed E-state index contributed by atoms with van der Waals surface area (Å²) in [6, 6.07) is 6.64. The lowest BCUT2D eigenvalue weighted by Crippen LogP contribution is -2.52. The quantitative estimate of drug-likeness (QED) is 0.866. The molecule has 0 aliphatic carbocycles. The van der Waals surface area contributed by atoms with E-state index in [0.717, 1.165) is 18.7 Å². The molecule has 2 aromatic rings. The number of ether oxygens (including phenoxy) is 1. The fourth-order valence-corrected chi connectivity index (χ4v) is 3.43. The molecule has 7 heteroatoms. The highest BCUT2D eigenvalue weighted by molar-refractivity contribution is 6.42. The molecule has 0 spiro atoms. The first-order valence-corrected chi connectivity index (χ1v) is 8.67. The minimum absolute atomic E-state index is 0.0157. The molecule has 1 aliphatic heterocycles. The van der Waals surface area contributed by atoms with E-state index in [2.05, 4.69) is 15.2 Å². The summed E-state index contributed by atoms with van der Waals surface area (Å²) >= 11 is 12.7. The van der Waals surface area contributed by atoms with Gasteiger partial charge in [-0.1, -0.05) is 23.2 Å². The van der Waals surface area contributed by atoms with Crippen molar-refractivity contribution in [2.24, 2.45) is 5.92 Å². The average molecular weight is 380 g/mol. The Hall–Kier alpha value is -1.82. The summed E-state index contributed by atoms with van der Waals surface area (Å²) in [4.78, 5) is 18.8. The molecule has 1 atom stereocenters. The second kappa shape index (κ2) is 7.60. The highest BCUT2D eigenvalue weighted by atomic mass is 35.5. The van der Waals surface area contributed by atoms with Crippen LogP contribution in [0.5, 0.6) is 5.75 Å². The molecule has 1 saturated heterocycles. The number of nitrogens with one attached hydrogen (secondary N) is 1. The van der Waals surface area contributed by atoms with Crippen LogP contribution in [-0.2, 0) is 4.79 Å². The Morgan fingerprint density at radius 2 is 1.96 bits per heavy atom. The fourth-order valence-electron chi connectivity index (χ4n) is 3.00. The van der Waals surface area contributed by atoms with Crippen molar-refractivity contribution >= 4 is 29.1 Å². The molecular formula is C18H19Cl2N3O2. The number of pyridine rings is 1. The molecule has 5 nitrogen and oxygen atoms in total. The van der Waals surface area contributed by atoms with Crippen molar-refractivity contribution in [1.29, 1.82) is 0 Å². The summed E-state index contributed by atoms with van der Waals surface area (Å²) in [6.45, 7) is 1.49. The second-order valence-corrected chi connectivity index (χ2v) is 6.90. The standard InChI is InChI=1S/C18H19Cl2N3O2/c1-23-9-12(10-23)18(24)22-17(11-5-7-21-8-6-11)15-14(25-2)4-3-13(19)16(15)20/h3-8,12,17H,9-10H2,1-2H3,(H,22,24). The Bertz CT molecular complexity index is 764. The zero-order chi connectivity index (χ0) is 18.0. The molecule has 1 N–H and O–H groups in total. The summed E-state index contributed by atoms with van der Waals surface area (Å²) in [7, 11) is 3.55. The Kier molecular flexibility index (Phi) is 5.47. The number of halogens is 2. The molecule has 1 aromatic heterocycles. The van der Waals surface area contributed by atoms with Gasteiger partial charge < -0.3 is 15.0 Å². The molecule has 3 rings (SSSR count). The van der Waals surface area contributed by atoms with Crippen LogP contribution in [0, 0.1) is 5.92 Å². The summed E-state index contributed by atoms with van der Waals surface area (Å²) in [5, 5.41) is 3.88. The van der Waals surface area contributed by atoms with Crippen molar-refractivity contribution in [1.82, 2.24) is 15.2 Å². The Morgan fingerprint density at radius 3 is 2.56 bits per heavy atom. The molecule has 132 valence electrons. The zero-order valence-corrected chi connectivity index (χ0v) is 15.5. The number of hydrogen-bond acceptors (Lipinski definition) is 4. The first kappa shape index (κ1) is 18.0. The van der Waals surface area contributed by atoms with Gasteiger partial charge in [-0.2, -0.15) is 0 Å². The second-order valence-electron chi connectivity index (χ2n) is 6.12. The van der Waals surface area contributed by atoms with E-state index in [1.54, 1.807) is 31.6 Å². The van der Waals surface area contributed by atoms with Crippen LogP contribution in [0.4, 0.5) is 0 Å². The van der Waals surface area contributed by atoms with E-state index in [1.807, 2.05) is 19.2 Å². The number of methoxy groups -OCH3 is 1. The van der Waals surface area contributed by atoms with Gasteiger partial charge in [-0.25, -0.2) is 0 Å². The Labute approximate surface area is 156 Å². The maximum absolute atomic E-state index is 12.7. The highest BCUT2D eigenvalue weighted by Gasteiger charge is 2.33. The molecule has 0 saturated carbocycles. The Morgan fingerprint density at radius 1 is 1.28 bits per heavy atom. The largest absolute Gasteiger partial charge is 0.496 e. The van der Waals surface area contributed by atoms with Gasteiger partial charge in [0.15, 0.2) is 0 Å². The van der Waals surface area contributed by atoms with Crippen LogP contribution in [0.1, 0.15) is 17.2 Å². The van der Waals surface area contributed by atoms with Crippen LogP contribution in [-0.4, -0.2) is 43.0 Å². The summed E-state index contributed by atoms with van der Waals surface area (Å²) in [5.41, 5.74) is 1.50. The average Bonchev–Trinajstić information content (AvgIpc) is 2.60. The van der Waals surface area contributed by atoms with E-state index in [4.69, 9.17) is 27.9 Å². The predicted molar refractivity (Wildman–Crippen MR) is 98.2 cm³/mol. The van der Waals surface area contributed by atoms with Gasteiger partial charge in [0.2, 0.25) is 5.91 Å². The predicted octanol–water partition coefficient (Wildman–Crippen LogP) is 3.16. The minimum atomic E-state index is -0.470. The third-order valence-corrected chi connectivity index (χ3v) is 5.18. The number of likely N-dealkylation sites (tertiary alicyclic amines) is 1. The summed E-state index contributed by atoms with van der Waals surface area (Å²) in [6.07, 6.45) is 3.35. The molecule has 0 radical (unpaired) electrons. The number of amides is 1. The molecule has 1 unspecified atom stereocenters. The van der Waals surface area contributed by atoms with Crippen LogP contribution in [0.25, 0.3) is 0 Å². The third-order valence-electron chi connectivity index (χ3n) is 4.36. The number of aromatic nitrogens is 1.